The van der Waals surface area contributed by atoms with Gasteiger partial charge in [-0.1, -0.05) is 23.5 Å². The zero-order valence-electron chi connectivity index (χ0n) is 12.3. The van der Waals surface area contributed by atoms with Crippen LogP contribution in [0.5, 0.6) is 0 Å². The molecule has 120 valence electrons. The third-order valence-corrected chi connectivity index (χ3v) is 3.46. The van der Waals surface area contributed by atoms with Crippen molar-refractivity contribution in [1.82, 2.24) is 9.78 Å². The Hall–Kier alpha value is -2.88. The van der Waals surface area contributed by atoms with Gasteiger partial charge in [-0.25, -0.2) is 4.79 Å². The SMILES string of the molecule is CCOC(=O)c1nn(-c2ccccc2[N+](=O)[O-])c(=NC(C)=O)s1. The maximum atomic E-state index is 11.8. The minimum absolute atomic E-state index is 0.0508. The number of carbonyl (C=O) groups excluding carboxylic acids is 2. The van der Waals surface area contributed by atoms with Gasteiger partial charge in [-0.05, 0) is 13.0 Å². The third-order valence-electron chi connectivity index (χ3n) is 2.57. The zero-order valence-corrected chi connectivity index (χ0v) is 13.1. The van der Waals surface area contributed by atoms with Gasteiger partial charge in [0, 0.05) is 13.0 Å². The van der Waals surface area contributed by atoms with Crippen LogP contribution in [0.3, 0.4) is 0 Å². The number of carbonyl (C=O) groups is 2. The van der Waals surface area contributed by atoms with E-state index in [2.05, 4.69) is 10.1 Å². The molecular formula is C13H12N4O5S. The first-order valence-corrected chi connectivity index (χ1v) is 7.32. The van der Waals surface area contributed by atoms with Crippen molar-refractivity contribution in [2.75, 3.05) is 6.61 Å². The molecule has 0 unspecified atom stereocenters. The summed E-state index contributed by atoms with van der Waals surface area (Å²) in [4.78, 5) is 37.4. The summed E-state index contributed by atoms with van der Waals surface area (Å²) < 4.78 is 5.94. The van der Waals surface area contributed by atoms with Crippen LogP contribution in [0.15, 0.2) is 29.3 Å². The molecule has 0 radical (unpaired) electrons. The Balaban J connectivity index is 2.69. The summed E-state index contributed by atoms with van der Waals surface area (Å²) >= 11 is 0.818. The standard InChI is InChI=1S/C13H12N4O5S/c1-3-22-12(19)11-15-16(13(23-11)14-8(2)18)9-6-4-5-7-10(9)17(20)21/h4-7H,3H2,1-2H3. The van der Waals surface area contributed by atoms with Crippen LogP contribution in [-0.4, -0.2) is 33.2 Å². The topological polar surface area (TPSA) is 117 Å². The van der Waals surface area contributed by atoms with E-state index >= 15 is 0 Å². The molecule has 1 amide bonds. The van der Waals surface area contributed by atoms with Gasteiger partial charge in [-0.3, -0.25) is 14.9 Å². The Kier molecular flexibility index (Phi) is 4.96. The van der Waals surface area contributed by atoms with Crippen molar-refractivity contribution in [2.24, 2.45) is 4.99 Å². The van der Waals surface area contributed by atoms with Gasteiger partial charge in [0.1, 0.15) is 5.69 Å². The van der Waals surface area contributed by atoms with Gasteiger partial charge >= 0.3 is 5.97 Å². The Morgan fingerprint density at radius 3 is 2.74 bits per heavy atom. The second-order valence-electron chi connectivity index (χ2n) is 4.20. The highest BCUT2D eigenvalue weighted by Crippen LogP contribution is 2.21. The van der Waals surface area contributed by atoms with E-state index in [9.17, 15) is 19.7 Å². The highest BCUT2D eigenvalue weighted by Gasteiger charge is 2.21. The minimum Gasteiger partial charge on any atom is -0.461 e. The predicted molar refractivity (Wildman–Crippen MR) is 80.3 cm³/mol. The number of nitro benzene ring substituents is 1. The van der Waals surface area contributed by atoms with E-state index < -0.39 is 16.8 Å². The summed E-state index contributed by atoms with van der Waals surface area (Å²) in [7, 11) is 0. The number of benzene rings is 1. The average molecular weight is 336 g/mol. The van der Waals surface area contributed by atoms with Crippen molar-refractivity contribution in [3.63, 3.8) is 0 Å². The summed E-state index contributed by atoms with van der Waals surface area (Å²) in [5, 5.41) is 15.1. The van der Waals surface area contributed by atoms with E-state index in [1.165, 1.54) is 25.1 Å². The summed E-state index contributed by atoms with van der Waals surface area (Å²) in [6, 6.07) is 5.83. The smallest absolute Gasteiger partial charge is 0.369 e. The van der Waals surface area contributed by atoms with Crippen molar-refractivity contribution in [3.05, 3.63) is 44.2 Å². The fraction of sp³-hybridized carbons (Fsp3) is 0.231. The fourth-order valence-electron chi connectivity index (χ4n) is 1.72. The molecule has 0 aliphatic carbocycles. The van der Waals surface area contributed by atoms with Crippen molar-refractivity contribution in [3.8, 4) is 5.69 Å². The van der Waals surface area contributed by atoms with Crippen molar-refractivity contribution < 1.29 is 19.2 Å². The first-order chi connectivity index (χ1) is 10.9. The molecular weight excluding hydrogens is 324 g/mol. The molecule has 10 heteroatoms. The van der Waals surface area contributed by atoms with E-state index in [0.717, 1.165) is 16.0 Å². The first kappa shape index (κ1) is 16.5. The average Bonchev–Trinajstić information content (AvgIpc) is 2.90. The van der Waals surface area contributed by atoms with Gasteiger partial charge in [0.15, 0.2) is 0 Å². The highest BCUT2D eigenvalue weighted by molar-refractivity contribution is 7.10. The molecule has 0 fully saturated rings. The molecule has 0 spiro atoms. The molecule has 23 heavy (non-hydrogen) atoms. The van der Waals surface area contributed by atoms with E-state index in [1.807, 2.05) is 0 Å². The second kappa shape index (κ2) is 6.92. The predicted octanol–water partition coefficient (Wildman–Crippen LogP) is 1.47. The van der Waals surface area contributed by atoms with E-state index in [0.29, 0.717) is 0 Å². The van der Waals surface area contributed by atoms with Crippen LogP contribution in [0.1, 0.15) is 23.6 Å². The molecule has 0 saturated carbocycles. The first-order valence-electron chi connectivity index (χ1n) is 6.50. The monoisotopic (exact) mass is 336 g/mol. The largest absolute Gasteiger partial charge is 0.461 e. The number of esters is 1. The van der Waals surface area contributed by atoms with Gasteiger partial charge in [0.25, 0.3) is 5.69 Å². The van der Waals surface area contributed by atoms with Crippen LogP contribution in [0.25, 0.3) is 5.69 Å². The highest BCUT2D eigenvalue weighted by atomic mass is 32.1. The number of nitrogens with zero attached hydrogens (tertiary/aromatic N) is 4. The number of rotatable bonds is 4. The van der Waals surface area contributed by atoms with Crippen molar-refractivity contribution in [2.45, 2.75) is 13.8 Å². The second-order valence-corrected chi connectivity index (χ2v) is 5.15. The molecule has 0 bridgehead atoms. The van der Waals surface area contributed by atoms with Gasteiger partial charge in [0.05, 0.1) is 11.5 Å². The lowest BCUT2D eigenvalue weighted by molar-refractivity contribution is -0.384. The lowest BCUT2D eigenvalue weighted by atomic mass is 10.3. The van der Waals surface area contributed by atoms with Crippen LogP contribution in [0, 0.1) is 10.1 Å². The molecule has 0 aliphatic rings. The van der Waals surface area contributed by atoms with Crippen LogP contribution < -0.4 is 4.80 Å². The Morgan fingerprint density at radius 1 is 1.43 bits per heavy atom. The van der Waals surface area contributed by atoms with Gasteiger partial charge in [-0.2, -0.15) is 9.67 Å². The number of nitro groups is 1. The lowest BCUT2D eigenvalue weighted by Crippen LogP contribution is -2.17. The van der Waals surface area contributed by atoms with Crippen molar-refractivity contribution >= 4 is 28.9 Å². The third kappa shape index (κ3) is 3.66. The molecule has 1 heterocycles. The number of amides is 1. The van der Waals surface area contributed by atoms with E-state index in [-0.39, 0.29) is 27.8 Å². The lowest BCUT2D eigenvalue weighted by Gasteiger charge is -2.02. The van der Waals surface area contributed by atoms with Crippen LogP contribution >= 0.6 is 11.3 Å². The van der Waals surface area contributed by atoms with Gasteiger partial charge in [-0.15, -0.1) is 5.10 Å². The summed E-state index contributed by atoms with van der Waals surface area (Å²) in [6.07, 6.45) is 0. The number of ether oxygens (including phenoxy) is 1. The van der Waals surface area contributed by atoms with Crippen LogP contribution in [0.2, 0.25) is 0 Å². The quantitative estimate of drug-likeness (QED) is 0.474. The van der Waals surface area contributed by atoms with E-state index in [4.69, 9.17) is 4.74 Å². The van der Waals surface area contributed by atoms with Gasteiger partial charge in [0.2, 0.25) is 15.7 Å². The Morgan fingerprint density at radius 2 is 2.13 bits per heavy atom. The Labute approximate surface area is 134 Å². The molecule has 1 aromatic carbocycles. The number of hydrogen-bond acceptors (Lipinski definition) is 7. The summed E-state index contributed by atoms with van der Waals surface area (Å²) in [5.41, 5.74) is -0.123. The molecule has 1 aromatic heterocycles. The molecule has 2 aromatic rings. The molecule has 0 aliphatic heterocycles. The molecule has 0 saturated heterocycles. The normalized spacial score (nSPS) is 11.3. The summed E-state index contributed by atoms with van der Waals surface area (Å²) in [6.45, 7) is 3.03. The van der Waals surface area contributed by atoms with Gasteiger partial charge < -0.3 is 4.74 Å². The maximum Gasteiger partial charge on any atom is 0.369 e. The van der Waals surface area contributed by atoms with Crippen LogP contribution in [0.4, 0.5) is 5.69 Å². The summed E-state index contributed by atoms with van der Waals surface area (Å²) in [5.74, 6) is -1.20. The van der Waals surface area contributed by atoms with Crippen LogP contribution in [-0.2, 0) is 9.53 Å². The molecule has 9 nitrogen and oxygen atoms in total. The van der Waals surface area contributed by atoms with Crippen molar-refractivity contribution in [1.29, 1.82) is 0 Å². The van der Waals surface area contributed by atoms with E-state index in [1.54, 1.807) is 13.0 Å². The molecule has 0 atom stereocenters. The maximum absolute atomic E-state index is 11.8. The number of aromatic nitrogens is 2. The fourth-order valence-corrected chi connectivity index (χ4v) is 2.56. The Bertz CT molecular complexity index is 839. The number of hydrogen-bond donors (Lipinski definition) is 0. The zero-order chi connectivity index (χ0) is 17.0. The molecule has 2 rings (SSSR count). The molecule has 0 N–H and O–H groups in total. The number of para-hydroxylation sites is 2. The minimum atomic E-state index is -0.685.